The van der Waals surface area contributed by atoms with Crippen LogP contribution >= 0.6 is 0 Å². The summed E-state index contributed by atoms with van der Waals surface area (Å²) in [4.78, 5) is 29.5. The average Bonchev–Trinajstić information content (AvgIpc) is 3.09. The van der Waals surface area contributed by atoms with Gasteiger partial charge in [0, 0.05) is 19.1 Å². The zero-order valence-corrected chi connectivity index (χ0v) is 17.7. The van der Waals surface area contributed by atoms with E-state index in [1.54, 1.807) is 9.47 Å². The molecule has 1 aliphatic heterocycles. The number of nitrogens with one attached hydrogen (secondary N) is 2. The lowest BCUT2D eigenvalue weighted by molar-refractivity contribution is -0.133. The van der Waals surface area contributed by atoms with E-state index in [1.807, 2.05) is 24.3 Å². The number of H-pyrrole nitrogens is 1. The second-order valence-electron chi connectivity index (χ2n) is 7.67. The van der Waals surface area contributed by atoms with Gasteiger partial charge in [0.15, 0.2) is 0 Å². The topological polar surface area (TPSA) is 104 Å². The predicted octanol–water partition coefficient (Wildman–Crippen LogP) is 2.00. The van der Waals surface area contributed by atoms with Crippen molar-refractivity contribution in [3.63, 3.8) is 0 Å². The molecule has 8 nitrogen and oxygen atoms in total. The van der Waals surface area contributed by atoms with Gasteiger partial charge in [-0.2, -0.15) is 4.72 Å². The van der Waals surface area contributed by atoms with E-state index >= 15 is 0 Å². The molecule has 0 saturated carbocycles. The Morgan fingerprint density at radius 2 is 1.77 bits per heavy atom. The minimum absolute atomic E-state index is 0.0427. The molecule has 164 valence electrons. The summed E-state index contributed by atoms with van der Waals surface area (Å²) < 4.78 is 42.1. The molecule has 0 radical (unpaired) electrons. The van der Waals surface area contributed by atoms with Crippen molar-refractivity contribution < 1.29 is 17.6 Å². The Kier molecular flexibility index (Phi) is 5.67. The summed E-state index contributed by atoms with van der Waals surface area (Å²) in [5.74, 6) is -0.879. The van der Waals surface area contributed by atoms with E-state index in [9.17, 15) is 22.4 Å². The molecule has 1 atom stereocenters. The molecule has 31 heavy (non-hydrogen) atoms. The van der Waals surface area contributed by atoms with Gasteiger partial charge in [-0.15, -0.1) is 0 Å². The zero-order chi connectivity index (χ0) is 22.2. The number of likely N-dealkylation sites (tertiary alicyclic amines) is 1. The van der Waals surface area contributed by atoms with Crippen molar-refractivity contribution in [3.8, 4) is 0 Å². The number of sulfonamides is 1. The van der Waals surface area contributed by atoms with Crippen molar-refractivity contribution in [1.29, 1.82) is 0 Å². The van der Waals surface area contributed by atoms with Gasteiger partial charge in [0.05, 0.1) is 22.0 Å². The lowest BCUT2D eigenvalue weighted by Gasteiger charge is -2.34. The normalized spacial score (nSPS) is 16.5. The number of benzene rings is 2. The molecular formula is C21H23FN4O4S. The molecular weight excluding hydrogens is 423 g/mol. The highest BCUT2D eigenvalue weighted by atomic mass is 32.2. The molecule has 1 amide bonds. The SMILES string of the molecule is CC(NS(=O)(=O)c1ccc(F)cc1)C(=O)N1CCC(n2c(=O)[nH]c3ccccc32)CC1. The third-order valence-corrected chi connectivity index (χ3v) is 7.15. The van der Waals surface area contributed by atoms with Gasteiger partial charge in [0.25, 0.3) is 0 Å². The lowest BCUT2D eigenvalue weighted by Crippen LogP contribution is -2.49. The van der Waals surface area contributed by atoms with Crippen LogP contribution in [0.5, 0.6) is 0 Å². The largest absolute Gasteiger partial charge is 0.341 e. The van der Waals surface area contributed by atoms with E-state index in [0.29, 0.717) is 25.9 Å². The van der Waals surface area contributed by atoms with Gasteiger partial charge in [-0.1, -0.05) is 12.1 Å². The third kappa shape index (κ3) is 4.26. The molecule has 1 aromatic heterocycles. The van der Waals surface area contributed by atoms with Crippen LogP contribution in [0.1, 0.15) is 25.8 Å². The van der Waals surface area contributed by atoms with Crippen LogP contribution in [0.3, 0.4) is 0 Å². The summed E-state index contributed by atoms with van der Waals surface area (Å²) in [5.41, 5.74) is 1.43. The number of nitrogens with zero attached hydrogens (tertiary/aromatic N) is 2. The minimum Gasteiger partial charge on any atom is -0.341 e. The summed E-state index contributed by atoms with van der Waals surface area (Å²) in [5, 5.41) is 0. The summed E-state index contributed by atoms with van der Waals surface area (Å²) in [6.07, 6.45) is 1.18. The number of rotatable bonds is 5. The van der Waals surface area contributed by atoms with E-state index in [-0.39, 0.29) is 22.5 Å². The van der Waals surface area contributed by atoms with Crippen LogP contribution in [0.2, 0.25) is 0 Å². The van der Waals surface area contributed by atoms with Crippen molar-refractivity contribution in [2.45, 2.75) is 36.7 Å². The Morgan fingerprint density at radius 3 is 2.45 bits per heavy atom. The summed E-state index contributed by atoms with van der Waals surface area (Å²) in [6, 6.07) is 10.9. The maximum atomic E-state index is 13.1. The van der Waals surface area contributed by atoms with Gasteiger partial charge in [0.2, 0.25) is 15.9 Å². The molecule has 1 saturated heterocycles. The van der Waals surface area contributed by atoms with Gasteiger partial charge < -0.3 is 9.88 Å². The molecule has 2 N–H and O–H groups in total. The molecule has 0 aliphatic carbocycles. The van der Waals surface area contributed by atoms with Crippen molar-refractivity contribution in [3.05, 3.63) is 64.8 Å². The summed E-state index contributed by atoms with van der Waals surface area (Å²) >= 11 is 0. The van der Waals surface area contributed by atoms with Crippen LogP contribution in [0.25, 0.3) is 11.0 Å². The first-order valence-corrected chi connectivity index (χ1v) is 11.5. The van der Waals surface area contributed by atoms with Crippen molar-refractivity contribution in [2.75, 3.05) is 13.1 Å². The monoisotopic (exact) mass is 446 g/mol. The third-order valence-electron chi connectivity index (χ3n) is 5.59. The molecule has 3 aromatic rings. The Morgan fingerprint density at radius 1 is 1.13 bits per heavy atom. The fourth-order valence-electron chi connectivity index (χ4n) is 4.02. The van der Waals surface area contributed by atoms with Crippen LogP contribution in [0, 0.1) is 5.82 Å². The van der Waals surface area contributed by atoms with E-state index in [0.717, 1.165) is 35.3 Å². The number of para-hydroxylation sites is 2. The second-order valence-corrected chi connectivity index (χ2v) is 9.38. The average molecular weight is 447 g/mol. The number of halogens is 1. The number of carbonyl (C=O) groups excluding carboxylic acids is 1. The number of hydrogen-bond acceptors (Lipinski definition) is 4. The number of hydrogen-bond donors (Lipinski definition) is 2. The number of fused-ring (bicyclic) bond motifs is 1. The summed E-state index contributed by atoms with van der Waals surface area (Å²) in [6.45, 7) is 2.32. The van der Waals surface area contributed by atoms with Crippen molar-refractivity contribution in [2.24, 2.45) is 0 Å². The molecule has 0 bridgehead atoms. The second kappa shape index (κ2) is 8.27. The predicted molar refractivity (Wildman–Crippen MR) is 114 cm³/mol. The number of carbonyl (C=O) groups is 1. The molecule has 1 aliphatic rings. The summed E-state index contributed by atoms with van der Waals surface area (Å²) in [7, 11) is -3.95. The quantitative estimate of drug-likeness (QED) is 0.626. The first kappa shape index (κ1) is 21.3. The maximum absolute atomic E-state index is 13.1. The van der Waals surface area contributed by atoms with E-state index in [1.165, 1.54) is 6.92 Å². The van der Waals surface area contributed by atoms with Gasteiger partial charge in [0.1, 0.15) is 5.82 Å². The number of piperidine rings is 1. The van der Waals surface area contributed by atoms with Gasteiger partial charge in [-0.05, 0) is 56.2 Å². The van der Waals surface area contributed by atoms with E-state index in [4.69, 9.17) is 0 Å². The Labute approximate surface area is 178 Å². The molecule has 10 heteroatoms. The van der Waals surface area contributed by atoms with E-state index in [2.05, 4.69) is 9.71 Å². The first-order valence-electron chi connectivity index (χ1n) is 10.0. The maximum Gasteiger partial charge on any atom is 0.326 e. The number of aromatic nitrogens is 2. The van der Waals surface area contributed by atoms with E-state index < -0.39 is 21.9 Å². The molecule has 4 rings (SSSR count). The standard InChI is InChI=1S/C21H23FN4O4S/c1-14(24-31(29,30)17-8-6-15(22)7-9-17)20(27)25-12-10-16(11-13-25)26-19-5-3-2-4-18(19)23-21(26)28/h2-9,14,16,24H,10-13H2,1H3,(H,23,28). The first-order chi connectivity index (χ1) is 14.8. The van der Waals surface area contributed by atoms with Crippen molar-refractivity contribution in [1.82, 2.24) is 19.2 Å². The lowest BCUT2D eigenvalue weighted by atomic mass is 10.0. The highest BCUT2D eigenvalue weighted by Gasteiger charge is 2.30. The van der Waals surface area contributed by atoms with Crippen LogP contribution < -0.4 is 10.4 Å². The number of amides is 1. The fraction of sp³-hybridized carbons (Fsp3) is 0.333. The Balaban J connectivity index is 1.41. The van der Waals surface area contributed by atoms with Gasteiger partial charge in [-0.3, -0.25) is 9.36 Å². The molecule has 0 spiro atoms. The zero-order valence-electron chi connectivity index (χ0n) is 16.9. The van der Waals surface area contributed by atoms with Crippen LogP contribution in [-0.2, 0) is 14.8 Å². The Bertz CT molecular complexity index is 1260. The van der Waals surface area contributed by atoms with Crippen molar-refractivity contribution >= 4 is 27.0 Å². The molecule has 2 aromatic carbocycles. The van der Waals surface area contributed by atoms with Crippen LogP contribution in [-0.4, -0.2) is 47.9 Å². The number of imidazole rings is 1. The van der Waals surface area contributed by atoms with Gasteiger partial charge >= 0.3 is 5.69 Å². The van der Waals surface area contributed by atoms with Gasteiger partial charge in [-0.25, -0.2) is 17.6 Å². The fourth-order valence-corrected chi connectivity index (χ4v) is 5.22. The highest BCUT2D eigenvalue weighted by molar-refractivity contribution is 7.89. The Hall–Kier alpha value is -2.98. The number of aromatic amines is 1. The minimum atomic E-state index is -3.95. The smallest absolute Gasteiger partial charge is 0.326 e. The van der Waals surface area contributed by atoms with Crippen LogP contribution in [0.15, 0.2) is 58.2 Å². The molecule has 2 heterocycles. The molecule has 1 unspecified atom stereocenters. The molecule has 1 fully saturated rings. The highest BCUT2D eigenvalue weighted by Crippen LogP contribution is 2.25. The van der Waals surface area contributed by atoms with Crippen LogP contribution in [0.4, 0.5) is 4.39 Å².